The van der Waals surface area contributed by atoms with Crippen molar-refractivity contribution >= 4 is 17.0 Å². The summed E-state index contributed by atoms with van der Waals surface area (Å²) >= 11 is 1.61. The summed E-state index contributed by atoms with van der Waals surface area (Å²) in [5.74, 6) is 2.98. The lowest BCUT2D eigenvalue weighted by Gasteiger charge is -2.17. The molecule has 0 spiro atoms. The summed E-state index contributed by atoms with van der Waals surface area (Å²) in [5, 5.41) is 7.14. The molecule has 1 aliphatic heterocycles. The van der Waals surface area contributed by atoms with Gasteiger partial charge < -0.3 is 18.9 Å². The third-order valence-corrected chi connectivity index (χ3v) is 7.11. The Morgan fingerprint density at radius 3 is 2.62 bits per heavy atom. The first kappa shape index (κ1) is 22.5. The van der Waals surface area contributed by atoms with Gasteiger partial charge in [0.25, 0.3) is 0 Å². The van der Waals surface area contributed by atoms with Crippen LogP contribution in [0.3, 0.4) is 0 Å². The van der Waals surface area contributed by atoms with Crippen molar-refractivity contribution < 1.29 is 18.9 Å². The van der Waals surface area contributed by atoms with Gasteiger partial charge in [-0.3, -0.25) is 4.99 Å². The molecule has 0 radical (unpaired) electrons. The lowest BCUT2D eigenvalue weighted by atomic mass is 9.96. The monoisotopic (exact) mass is 479 g/mol. The van der Waals surface area contributed by atoms with E-state index in [0.29, 0.717) is 6.04 Å². The van der Waals surface area contributed by atoms with E-state index < -0.39 is 0 Å². The van der Waals surface area contributed by atoms with E-state index in [1.807, 2.05) is 48.0 Å². The molecule has 0 N–H and O–H groups in total. The second-order valence-corrected chi connectivity index (χ2v) is 9.29. The second kappa shape index (κ2) is 9.93. The molecule has 178 valence electrons. The van der Waals surface area contributed by atoms with Crippen LogP contribution in [0.2, 0.25) is 0 Å². The van der Waals surface area contributed by atoms with Gasteiger partial charge in [-0.05, 0) is 50.1 Å². The molecule has 0 saturated heterocycles. The molecule has 1 aromatic heterocycles. The average molecular weight is 480 g/mol. The van der Waals surface area contributed by atoms with Crippen LogP contribution in [-0.4, -0.2) is 37.4 Å². The van der Waals surface area contributed by atoms with Crippen LogP contribution >= 0.6 is 11.3 Å². The number of nitrogens with zero attached hydrogens (tertiary/aromatic N) is 3. The van der Waals surface area contributed by atoms with Crippen LogP contribution in [0.5, 0.6) is 23.0 Å². The summed E-state index contributed by atoms with van der Waals surface area (Å²) in [4.78, 5) is 6.01. The van der Waals surface area contributed by atoms with E-state index in [2.05, 4.69) is 5.38 Å². The van der Waals surface area contributed by atoms with Gasteiger partial charge in [0, 0.05) is 22.6 Å². The summed E-state index contributed by atoms with van der Waals surface area (Å²) in [6.07, 6.45) is 6.02. The van der Waals surface area contributed by atoms with Gasteiger partial charge in [0.2, 0.25) is 11.6 Å². The predicted molar refractivity (Wildman–Crippen MR) is 133 cm³/mol. The lowest BCUT2D eigenvalue weighted by Crippen LogP contribution is -2.19. The fraction of sp³-hybridized carbons (Fsp3) is 0.385. The van der Waals surface area contributed by atoms with Gasteiger partial charge in [-0.25, -0.2) is 4.68 Å². The maximum absolute atomic E-state index is 5.70. The summed E-state index contributed by atoms with van der Waals surface area (Å²) in [6.45, 7) is 2.25. The smallest absolute Gasteiger partial charge is 0.231 e. The van der Waals surface area contributed by atoms with E-state index in [-0.39, 0.29) is 6.79 Å². The second-order valence-electron chi connectivity index (χ2n) is 8.46. The summed E-state index contributed by atoms with van der Waals surface area (Å²) in [7, 11) is 3.32. The van der Waals surface area contributed by atoms with Crippen LogP contribution < -0.4 is 23.7 Å². The number of fused-ring (bicyclic) bond motifs is 1. The molecule has 2 heterocycles. The first-order valence-electron chi connectivity index (χ1n) is 11.6. The van der Waals surface area contributed by atoms with E-state index in [4.69, 9.17) is 29.0 Å². The van der Waals surface area contributed by atoms with Crippen LogP contribution in [0.15, 0.2) is 51.9 Å². The first-order valence-corrected chi connectivity index (χ1v) is 12.5. The summed E-state index contributed by atoms with van der Waals surface area (Å²) in [6, 6.07) is 12.1. The van der Waals surface area contributed by atoms with Gasteiger partial charge in [0.1, 0.15) is 11.5 Å². The molecule has 0 amide bonds. The maximum Gasteiger partial charge on any atom is 0.231 e. The van der Waals surface area contributed by atoms with Gasteiger partial charge >= 0.3 is 0 Å². The van der Waals surface area contributed by atoms with Crippen molar-refractivity contribution in [3.05, 3.63) is 52.1 Å². The Morgan fingerprint density at radius 1 is 1.00 bits per heavy atom. The molecule has 2 aromatic carbocycles. The topological polar surface area (TPSA) is 66.6 Å². The molecule has 8 heteroatoms. The number of hydrogen-bond donors (Lipinski definition) is 0. The Balaban J connectivity index is 1.62. The van der Waals surface area contributed by atoms with E-state index >= 15 is 0 Å². The van der Waals surface area contributed by atoms with Crippen LogP contribution in [0, 0.1) is 0 Å². The average Bonchev–Trinajstić information content (AvgIpc) is 3.50. The van der Waals surface area contributed by atoms with E-state index in [1.54, 1.807) is 25.6 Å². The molecule has 1 fully saturated rings. The fourth-order valence-electron chi connectivity index (χ4n) is 4.38. The Bertz CT molecular complexity index is 1270. The number of ether oxygens (including phenoxy) is 4. The highest BCUT2D eigenvalue weighted by Gasteiger charge is 2.18. The molecular formula is C26H29N3O4S. The summed E-state index contributed by atoms with van der Waals surface area (Å²) in [5.41, 5.74) is 3.70. The Kier molecular flexibility index (Phi) is 6.58. The minimum Gasteiger partial charge on any atom is -0.497 e. The molecule has 0 unspecified atom stereocenters. The van der Waals surface area contributed by atoms with Gasteiger partial charge in [0.15, 0.2) is 11.5 Å². The Labute approximate surface area is 203 Å². The normalized spacial score (nSPS) is 16.7. The van der Waals surface area contributed by atoms with Crippen LogP contribution in [0.4, 0.5) is 0 Å². The van der Waals surface area contributed by atoms with Crippen molar-refractivity contribution in [1.29, 1.82) is 0 Å². The minimum atomic E-state index is 0.250. The predicted octanol–water partition coefficient (Wildman–Crippen LogP) is 5.47. The maximum atomic E-state index is 5.70. The molecule has 5 rings (SSSR count). The number of thiazole rings is 1. The van der Waals surface area contributed by atoms with Gasteiger partial charge in [0.05, 0.1) is 31.7 Å². The largest absolute Gasteiger partial charge is 0.497 e. The number of aromatic nitrogens is 1. The van der Waals surface area contributed by atoms with E-state index in [9.17, 15) is 0 Å². The minimum absolute atomic E-state index is 0.250. The molecule has 0 atom stereocenters. The van der Waals surface area contributed by atoms with Crippen molar-refractivity contribution in [3.8, 4) is 34.3 Å². The van der Waals surface area contributed by atoms with E-state index in [1.165, 1.54) is 19.3 Å². The highest BCUT2D eigenvalue weighted by atomic mass is 32.1. The van der Waals surface area contributed by atoms with Gasteiger partial charge in [-0.2, -0.15) is 5.10 Å². The summed E-state index contributed by atoms with van der Waals surface area (Å²) < 4.78 is 24.1. The third-order valence-electron chi connectivity index (χ3n) is 6.28. The van der Waals surface area contributed by atoms with Crippen LogP contribution in [0.25, 0.3) is 11.3 Å². The molecular weight excluding hydrogens is 450 g/mol. The molecule has 1 saturated carbocycles. The third kappa shape index (κ3) is 4.55. The Hall–Kier alpha value is -3.26. The molecule has 1 aliphatic carbocycles. The number of hydrogen-bond acceptors (Lipinski definition) is 7. The van der Waals surface area contributed by atoms with Gasteiger partial charge in [-0.15, -0.1) is 11.3 Å². The highest BCUT2D eigenvalue weighted by Crippen LogP contribution is 2.35. The van der Waals surface area contributed by atoms with Crippen molar-refractivity contribution in [2.75, 3.05) is 21.0 Å². The van der Waals surface area contributed by atoms with Crippen molar-refractivity contribution in [2.24, 2.45) is 10.1 Å². The van der Waals surface area contributed by atoms with Crippen LogP contribution in [0.1, 0.15) is 44.6 Å². The van der Waals surface area contributed by atoms with Crippen LogP contribution in [-0.2, 0) is 0 Å². The van der Waals surface area contributed by atoms with Gasteiger partial charge in [-0.1, -0.05) is 19.3 Å². The zero-order chi connectivity index (χ0) is 23.5. The molecule has 0 bridgehead atoms. The lowest BCUT2D eigenvalue weighted by molar-refractivity contribution is 0.174. The molecule has 2 aliphatic rings. The molecule has 3 aromatic rings. The number of methoxy groups -OCH3 is 2. The highest BCUT2D eigenvalue weighted by molar-refractivity contribution is 7.07. The zero-order valence-corrected chi connectivity index (χ0v) is 20.6. The van der Waals surface area contributed by atoms with Crippen molar-refractivity contribution in [3.63, 3.8) is 0 Å². The van der Waals surface area contributed by atoms with Crippen molar-refractivity contribution in [1.82, 2.24) is 4.68 Å². The van der Waals surface area contributed by atoms with E-state index in [0.717, 1.165) is 63.2 Å². The molecule has 34 heavy (non-hydrogen) atoms. The molecule has 7 nitrogen and oxygen atoms in total. The number of benzene rings is 2. The SMILES string of the molecule is COc1ccc(-c2csc(=NC3CCCCC3)n2N=C(C)c2ccc3c(c2)OCO3)c(OC)c1. The van der Waals surface area contributed by atoms with Crippen molar-refractivity contribution in [2.45, 2.75) is 45.1 Å². The number of rotatable bonds is 6. The fourth-order valence-corrected chi connectivity index (χ4v) is 5.27. The zero-order valence-electron chi connectivity index (χ0n) is 19.7. The standard InChI is InChI=1S/C26H29N3O4S/c1-17(18-9-12-23-25(13-18)33-16-32-23)28-29-22(21-11-10-20(30-2)14-24(21)31-3)15-34-26(29)27-19-7-5-4-6-8-19/h9-15,19H,4-8,16H2,1-3H3. The Morgan fingerprint density at radius 2 is 1.82 bits per heavy atom. The quantitative estimate of drug-likeness (QED) is 0.440. The first-order chi connectivity index (χ1) is 16.7.